The second-order valence-corrected chi connectivity index (χ2v) is 14.3. The highest BCUT2D eigenvalue weighted by molar-refractivity contribution is 5.95. The number of rotatable bonds is 8. The van der Waals surface area contributed by atoms with Crippen molar-refractivity contribution < 1.29 is 28.2 Å². The molecule has 3 N–H and O–H groups in total. The van der Waals surface area contributed by atoms with Gasteiger partial charge in [0.1, 0.15) is 29.5 Å². The molecule has 0 radical (unpaired) electrons. The van der Waals surface area contributed by atoms with E-state index < -0.39 is 28.9 Å². The number of primary amides is 1. The first-order valence-electron chi connectivity index (χ1n) is 17.2. The molecule has 0 atom stereocenters. The number of hydrogen-bond donors (Lipinski definition) is 2. The Labute approximate surface area is 298 Å². The predicted octanol–water partition coefficient (Wildman–Crippen LogP) is 6.06. The van der Waals surface area contributed by atoms with E-state index in [9.17, 15) is 19.2 Å². The Morgan fingerprint density at radius 2 is 1.88 bits per heavy atom. The van der Waals surface area contributed by atoms with Crippen LogP contribution in [0.25, 0.3) is 44.3 Å². The van der Waals surface area contributed by atoms with E-state index in [0.717, 1.165) is 29.7 Å². The van der Waals surface area contributed by atoms with Crippen LogP contribution in [-0.4, -0.2) is 61.1 Å². The number of aromatic nitrogens is 4. The van der Waals surface area contributed by atoms with Crippen molar-refractivity contribution in [1.29, 1.82) is 0 Å². The Bertz CT molecular complexity index is 2370. The van der Waals surface area contributed by atoms with E-state index in [1.54, 1.807) is 35.4 Å². The number of amides is 2. The normalized spacial score (nSPS) is 14.8. The van der Waals surface area contributed by atoms with Crippen LogP contribution in [0.5, 0.6) is 0 Å². The molecule has 0 saturated heterocycles. The van der Waals surface area contributed by atoms with Gasteiger partial charge in [0.25, 0.3) is 5.56 Å². The molecule has 4 heterocycles. The van der Waals surface area contributed by atoms with Crippen LogP contribution in [0.3, 0.4) is 0 Å². The molecular formula is C39H39FN6O6. The van der Waals surface area contributed by atoms with Crippen molar-refractivity contribution in [1.82, 2.24) is 24.4 Å². The van der Waals surface area contributed by atoms with E-state index in [0.29, 0.717) is 64.4 Å². The SMILES string of the molecule is CC(=O)OCc1c(-c2nc(CC(N)=O)nc3[nH]c(C4=CCN(C(=O)OC(C)(C)C)CC4)cc23)cccc1-n1ccc2cc(C3CC3)cc(F)c2c1=O. The Morgan fingerprint density at radius 3 is 2.56 bits per heavy atom. The molecule has 12 nitrogen and oxygen atoms in total. The number of halogens is 1. The summed E-state index contributed by atoms with van der Waals surface area (Å²) in [5.74, 6) is -1.28. The minimum atomic E-state index is -0.627. The zero-order chi connectivity index (χ0) is 36.9. The van der Waals surface area contributed by atoms with Crippen LogP contribution in [0.15, 0.2) is 59.5 Å². The van der Waals surface area contributed by atoms with Crippen molar-refractivity contribution in [3.63, 3.8) is 0 Å². The van der Waals surface area contributed by atoms with Crippen molar-refractivity contribution >= 4 is 45.3 Å². The molecule has 2 aliphatic rings. The maximum Gasteiger partial charge on any atom is 0.410 e. The van der Waals surface area contributed by atoms with Crippen molar-refractivity contribution in [2.24, 2.45) is 5.73 Å². The van der Waals surface area contributed by atoms with Gasteiger partial charge in [-0.05, 0) is 86.7 Å². The maximum absolute atomic E-state index is 15.5. The van der Waals surface area contributed by atoms with Crippen LogP contribution in [0.1, 0.15) is 75.5 Å². The van der Waals surface area contributed by atoms with Gasteiger partial charge in [-0.3, -0.25) is 19.0 Å². The van der Waals surface area contributed by atoms with Gasteiger partial charge >= 0.3 is 12.1 Å². The first-order chi connectivity index (χ1) is 24.8. The van der Waals surface area contributed by atoms with E-state index in [1.807, 2.05) is 39.0 Å². The third-order valence-electron chi connectivity index (χ3n) is 9.19. The molecule has 0 unspecified atom stereocenters. The van der Waals surface area contributed by atoms with Gasteiger partial charge in [-0.15, -0.1) is 0 Å². The van der Waals surface area contributed by atoms with Gasteiger partial charge in [0, 0.05) is 48.4 Å². The molecule has 3 aromatic heterocycles. The molecule has 0 spiro atoms. The minimum Gasteiger partial charge on any atom is -0.461 e. The van der Waals surface area contributed by atoms with E-state index in [1.165, 1.54) is 17.6 Å². The first kappa shape index (κ1) is 34.6. The summed E-state index contributed by atoms with van der Waals surface area (Å²) >= 11 is 0. The number of nitrogens with zero attached hydrogens (tertiary/aromatic N) is 4. The second-order valence-electron chi connectivity index (χ2n) is 14.3. The molecule has 1 fully saturated rings. The number of hydrogen-bond acceptors (Lipinski definition) is 8. The van der Waals surface area contributed by atoms with E-state index in [2.05, 4.69) is 9.97 Å². The lowest BCUT2D eigenvalue weighted by Crippen LogP contribution is -2.39. The van der Waals surface area contributed by atoms with Gasteiger partial charge in [-0.25, -0.2) is 19.2 Å². The number of carbonyl (C=O) groups excluding carboxylic acids is 3. The number of ether oxygens (including phenoxy) is 2. The molecule has 7 rings (SSSR count). The lowest BCUT2D eigenvalue weighted by molar-refractivity contribution is -0.142. The fraction of sp³-hybridized carbons (Fsp3) is 0.333. The quantitative estimate of drug-likeness (QED) is 0.184. The Hall–Kier alpha value is -5.85. The number of aromatic amines is 1. The number of nitrogens with two attached hydrogens (primary N) is 1. The Morgan fingerprint density at radius 1 is 1.10 bits per heavy atom. The van der Waals surface area contributed by atoms with E-state index in [4.69, 9.17) is 20.2 Å². The van der Waals surface area contributed by atoms with Gasteiger partial charge in [0.2, 0.25) is 5.91 Å². The fourth-order valence-corrected chi connectivity index (χ4v) is 6.61. The molecule has 5 aromatic rings. The third-order valence-corrected chi connectivity index (χ3v) is 9.19. The van der Waals surface area contributed by atoms with E-state index in [-0.39, 0.29) is 30.3 Å². The summed E-state index contributed by atoms with van der Waals surface area (Å²) in [5.41, 5.74) is 9.13. The zero-order valence-corrected chi connectivity index (χ0v) is 29.4. The van der Waals surface area contributed by atoms with Gasteiger partial charge in [0.15, 0.2) is 0 Å². The zero-order valence-electron chi connectivity index (χ0n) is 29.4. The Balaban J connectivity index is 1.35. The summed E-state index contributed by atoms with van der Waals surface area (Å²) in [5, 5.41) is 1.08. The summed E-state index contributed by atoms with van der Waals surface area (Å²) in [4.78, 5) is 65.2. The fourth-order valence-electron chi connectivity index (χ4n) is 6.61. The van der Waals surface area contributed by atoms with Crippen molar-refractivity contribution in [3.8, 4) is 16.9 Å². The highest BCUT2D eigenvalue weighted by atomic mass is 19.1. The third kappa shape index (κ3) is 7.03. The van der Waals surface area contributed by atoms with E-state index >= 15 is 4.39 Å². The lowest BCUT2D eigenvalue weighted by atomic mass is 9.99. The van der Waals surface area contributed by atoms with Gasteiger partial charge < -0.3 is 25.1 Å². The summed E-state index contributed by atoms with van der Waals surface area (Å²) in [6.45, 7) is 7.32. The molecule has 1 saturated carbocycles. The molecule has 268 valence electrons. The Kier molecular flexibility index (Phi) is 8.89. The van der Waals surface area contributed by atoms with Crippen LogP contribution in [-0.2, 0) is 32.1 Å². The van der Waals surface area contributed by atoms with Crippen LogP contribution >= 0.6 is 0 Å². The maximum atomic E-state index is 15.5. The van der Waals surface area contributed by atoms with Gasteiger partial charge in [-0.1, -0.05) is 24.3 Å². The van der Waals surface area contributed by atoms with Crippen molar-refractivity contribution in [3.05, 3.63) is 93.6 Å². The second kappa shape index (κ2) is 13.4. The molecular weight excluding hydrogens is 667 g/mol. The topological polar surface area (TPSA) is 162 Å². The van der Waals surface area contributed by atoms with Crippen LogP contribution < -0.4 is 11.3 Å². The molecule has 2 amide bonds. The van der Waals surface area contributed by atoms with Gasteiger partial charge in [-0.2, -0.15) is 0 Å². The number of esters is 1. The molecule has 1 aliphatic carbocycles. The summed E-state index contributed by atoms with van der Waals surface area (Å²) in [6, 6.07) is 12.1. The number of fused-ring (bicyclic) bond motifs is 2. The molecule has 0 bridgehead atoms. The molecule has 2 aromatic carbocycles. The monoisotopic (exact) mass is 706 g/mol. The molecule has 13 heteroatoms. The smallest absolute Gasteiger partial charge is 0.410 e. The average molecular weight is 707 g/mol. The molecule has 1 aliphatic heterocycles. The number of pyridine rings is 1. The van der Waals surface area contributed by atoms with Crippen LogP contribution in [0.2, 0.25) is 0 Å². The number of nitrogens with one attached hydrogen (secondary N) is 1. The number of carbonyl (C=O) groups is 3. The lowest BCUT2D eigenvalue weighted by Gasteiger charge is -2.29. The number of benzene rings is 2. The van der Waals surface area contributed by atoms with Gasteiger partial charge in [0.05, 0.1) is 23.2 Å². The number of H-pyrrole nitrogens is 1. The summed E-state index contributed by atoms with van der Waals surface area (Å²) in [7, 11) is 0. The first-order valence-corrected chi connectivity index (χ1v) is 17.2. The van der Waals surface area contributed by atoms with Crippen LogP contribution in [0, 0.1) is 5.82 Å². The highest BCUT2D eigenvalue weighted by Crippen LogP contribution is 2.41. The van der Waals surface area contributed by atoms with Crippen molar-refractivity contribution in [2.75, 3.05) is 13.1 Å². The molecule has 52 heavy (non-hydrogen) atoms. The highest BCUT2D eigenvalue weighted by Gasteiger charge is 2.27. The summed E-state index contributed by atoms with van der Waals surface area (Å²) < 4.78 is 27.9. The standard InChI is InChI=1S/C39H39FN6O6/c1-21(47)51-20-28-26(6-5-7-31(28)46-15-12-24-16-25(22-8-9-22)17-29(40)34(24)37(46)49)35-27-18-30(42-36(27)44-33(43-35)19-32(41)48)23-10-13-45(14-11-23)38(50)52-39(2,3)4/h5-7,10,12,15-18,22H,8-9,11,13-14,19-20H2,1-4H3,(H2,41,48)(H,42,43,44). The van der Waals surface area contributed by atoms with Crippen LogP contribution in [0.4, 0.5) is 9.18 Å². The minimum absolute atomic E-state index is 0.0369. The average Bonchev–Trinajstić information content (AvgIpc) is 3.84. The van der Waals surface area contributed by atoms with Crippen molar-refractivity contribution in [2.45, 2.75) is 71.5 Å². The largest absolute Gasteiger partial charge is 0.461 e. The predicted molar refractivity (Wildman–Crippen MR) is 193 cm³/mol. The summed E-state index contributed by atoms with van der Waals surface area (Å²) in [6.07, 6.45) is 5.45.